The van der Waals surface area contributed by atoms with E-state index < -0.39 is 22.7 Å². The molecule has 1 unspecified atom stereocenters. The van der Waals surface area contributed by atoms with E-state index in [2.05, 4.69) is 0 Å². The Kier molecular flexibility index (Phi) is 4.41. The molecule has 8 heteroatoms. The Morgan fingerprint density at radius 1 is 1.53 bits per heavy atom. The first-order chi connectivity index (χ1) is 8.82. The number of nitrogens with two attached hydrogens (primary N) is 1. The molecule has 19 heavy (non-hydrogen) atoms. The zero-order valence-corrected chi connectivity index (χ0v) is 10.0. The van der Waals surface area contributed by atoms with E-state index in [1.54, 1.807) is 0 Å². The van der Waals surface area contributed by atoms with Gasteiger partial charge in [-0.05, 0) is 6.07 Å². The molecule has 0 aliphatic heterocycles. The minimum absolute atomic E-state index is 0.0498. The molecule has 3 N–H and O–H groups in total. The van der Waals surface area contributed by atoms with Crippen molar-refractivity contribution < 1.29 is 24.4 Å². The van der Waals surface area contributed by atoms with Gasteiger partial charge in [0.1, 0.15) is 11.3 Å². The Labute approximate surface area is 107 Å². The van der Waals surface area contributed by atoms with Crippen LogP contribution in [0.5, 0.6) is 5.75 Å². The van der Waals surface area contributed by atoms with Crippen molar-refractivity contribution in [2.24, 2.45) is 11.7 Å². The van der Waals surface area contributed by atoms with Crippen LogP contribution in [-0.4, -0.2) is 28.5 Å². The molecule has 0 fully saturated rings. The number of carbonyl (C=O) groups excluding carboxylic acids is 1. The third kappa shape index (κ3) is 3.66. The van der Waals surface area contributed by atoms with Gasteiger partial charge in [0.05, 0.1) is 17.4 Å². The Morgan fingerprint density at radius 2 is 2.16 bits per heavy atom. The summed E-state index contributed by atoms with van der Waals surface area (Å²) in [5.41, 5.74) is 4.34. The summed E-state index contributed by atoms with van der Waals surface area (Å²) < 4.78 is 5.15. The standard InChI is InChI=1S/C11H12N2O6/c1-6(10(12)14)5-19-9-3-2-7(13(17)18)4-8(9)11(15)16/h2-4,6H,5H2,1H3,(H2,12,14)(H,15,16). The van der Waals surface area contributed by atoms with Gasteiger partial charge in [-0.1, -0.05) is 6.92 Å². The number of carboxylic acid groups (broad SMARTS) is 1. The van der Waals surface area contributed by atoms with Crippen molar-refractivity contribution in [1.29, 1.82) is 0 Å². The van der Waals surface area contributed by atoms with Crippen LogP contribution in [0.25, 0.3) is 0 Å². The minimum Gasteiger partial charge on any atom is -0.492 e. The second kappa shape index (κ2) is 5.80. The van der Waals surface area contributed by atoms with Gasteiger partial charge in [-0.2, -0.15) is 0 Å². The number of benzene rings is 1. The van der Waals surface area contributed by atoms with Gasteiger partial charge in [0, 0.05) is 12.1 Å². The molecule has 0 spiro atoms. The molecule has 0 aliphatic rings. The van der Waals surface area contributed by atoms with Crippen molar-refractivity contribution in [3.63, 3.8) is 0 Å². The van der Waals surface area contributed by atoms with Gasteiger partial charge in [-0.15, -0.1) is 0 Å². The first kappa shape index (κ1) is 14.4. The van der Waals surface area contributed by atoms with E-state index in [1.165, 1.54) is 13.0 Å². The van der Waals surface area contributed by atoms with Crippen LogP contribution in [0.4, 0.5) is 5.69 Å². The highest BCUT2D eigenvalue weighted by Crippen LogP contribution is 2.24. The minimum atomic E-state index is -1.36. The molecule has 1 amide bonds. The van der Waals surface area contributed by atoms with Gasteiger partial charge in [0.15, 0.2) is 0 Å². The summed E-state index contributed by atoms with van der Waals surface area (Å²) in [4.78, 5) is 31.6. The van der Waals surface area contributed by atoms with Crippen molar-refractivity contribution in [3.05, 3.63) is 33.9 Å². The zero-order valence-electron chi connectivity index (χ0n) is 10.0. The van der Waals surface area contributed by atoms with Gasteiger partial charge in [-0.25, -0.2) is 4.79 Å². The quantitative estimate of drug-likeness (QED) is 0.578. The molecule has 0 heterocycles. The third-order valence-electron chi connectivity index (χ3n) is 2.38. The second-order valence-electron chi connectivity index (χ2n) is 3.86. The number of nitro groups is 1. The van der Waals surface area contributed by atoms with Crippen LogP contribution < -0.4 is 10.5 Å². The molecular weight excluding hydrogens is 256 g/mol. The molecule has 0 saturated heterocycles. The van der Waals surface area contributed by atoms with E-state index >= 15 is 0 Å². The number of non-ortho nitro benzene ring substituents is 1. The second-order valence-corrected chi connectivity index (χ2v) is 3.86. The number of carboxylic acids is 1. The lowest BCUT2D eigenvalue weighted by atomic mass is 10.1. The fourth-order valence-corrected chi connectivity index (χ4v) is 1.22. The van der Waals surface area contributed by atoms with Crippen LogP contribution in [-0.2, 0) is 4.79 Å². The number of nitro benzene ring substituents is 1. The molecule has 0 bridgehead atoms. The average molecular weight is 268 g/mol. The SMILES string of the molecule is CC(COc1ccc([N+](=O)[O-])cc1C(=O)O)C(N)=O. The molecule has 0 radical (unpaired) electrons. The lowest BCUT2D eigenvalue weighted by Crippen LogP contribution is -2.26. The molecule has 0 saturated carbocycles. The normalized spacial score (nSPS) is 11.6. The predicted molar refractivity (Wildman–Crippen MR) is 63.9 cm³/mol. The largest absolute Gasteiger partial charge is 0.492 e. The topological polar surface area (TPSA) is 133 Å². The maximum Gasteiger partial charge on any atom is 0.339 e. The maximum atomic E-state index is 11.0. The van der Waals surface area contributed by atoms with E-state index in [1.807, 2.05) is 0 Å². The number of nitrogens with zero attached hydrogens (tertiary/aromatic N) is 1. The monoisotopic (exact) mass is 268 g/mol. The van der Waals surface area contributed by atoms with Crippen molar-refractivity contribution in [2.45, 2.75) is 6.92 Å². The van der Waals surface area contributed by atoms with Gasteiger partial charge in [0.25, 0.3) is 5.69 Å². The fourth-order valence-electron chi connectivity index (χ4n) is 1.22. The van der Waals surface area contributed by atoms with Crippen molar-refractivity contribution in [3.8, 4) is 5.75 Å². The molecule has 1 atom stereocenters. The highest BCUT2D eigenvalue weighted by molar-refractivity contribution is 5.91. The Bertz CT molecular complexity index is 528. The first-order valence-corrected chi connectivity index (χ1v) is 5.26. The summed E-state index contributed by atoms with van der Waals surface area (Å²) in [7, 11) is 0. The lowest BCUT2D eigenvalue weighted by Gasteiger charge is -2.11. The Hall–Kier alpha value is -2.64. The van der Waals surface area contributed by atoms with Crippen LogP contribution in [0.1, 0.15) is 17.3 Å². The molecule has 0 aliphatic carbocycles. The van der Waals surface area contributed by atoms with E-state index in [-0.39, 0.29) is 23.6 Å². The molecular formula is C11H12N2O6. The lowest BCUT2D eigenvalue weighted by molar-refractivity contribution is -0.384. The molecule has 1 aromatic rings. The molecule has 1 rings (SSSR count). The van der Waals surface area contributed by atoms with Crippen molar-refractivity contribution >= 4 is 17.6 Å². The van der Waals surface area contributed by atoms with Gasteiger partial charge in [-0.3, -0.25) is 14.9 Å². The van der Waals surface area contributed by atoms with Crippen LogP contribution in [0.2, 0.25) is 0 Å². The summed E-state index contributed by atoms with van der Waals surface area (Å²) in [6, 6.07) is 3.19. The van der Waals surface area contributed by atoms with E-state index in [0.717, 1.165) is 12.1 Å². The van der Waals surface area contributed by atoms with Gasteiger partial charge in [0.2, 0.25) is 5.91 Å². The summed E-state index contributed by atoms with van der Waals surface area (Å²) in [5.74, 6) is -2.59. The predicted octanol–water partition coefficient (Wildman–Crippen LogP) is 0.793. The molecule has 8 nitrogen and oxygen atoms in total. The molecule has 1 aromatic carbocycles. The number of hydrogen-bond donors (Lipinski definition) is 2. The van der Waals surface area contributed by atoms with Gasteiger partial charge >= 0.3 is 5.97 Å². The molecule has 102 valence electrons. The van der Waals surface area contributed by atoms with Crippen LogP contribution in [0.15, 0.2) is 18.2 Å². The highest BCUT2D eigenvalue weighted by atomic mass is 16.6. The number of amides is 1. The van der Waals surface area contributed by atoms with Crippen molar-refractivity contribution in [1.82, 2.24) is 0 Å². The Balaban J connectivity index is 2.97. The summed E-state index contributed by atoms with van der Waals surface area (Å²) >= 11 is 0. The van der Waals surface area contributed by atoms with E-state index in [4.69, 9.17) is 15.6 Å². The van der Waals surface area contributed by atoms with E-state index in [0.29, 0.717) is 0 Å². The maximum absolute atomic E-state index is 11.0. The average Bonchev–Trinajstić information content (AvgIpc) is 2.35. The number of primary amides is 1. The summed E-state index contributed by atoms with van der Waals surface area (Å²) in [5, 5.41) is 19.5. The van der Waals surface area contributed by atoms with Crippen LogP contribution >= 0.6 is 0 Å². The Morgan fingerprint density at radius 3 is 2.63 bits per heavy atom. The fraction of sp³-hybridized carbons (Fsp3) is 0.273. The number of aromatic carboxylic acids is 1. The number of carbonyl (C=O) groups is 2. The summed E-state index contributed by atoms with van der Waals surface area (Å²) in [6.45, 7) is 1.42. The van der Waals surface area contributed by atoms with Crippen molar-refractivity contribution in [2.75, 3.05) is 6.61 Å². The first-order valence-electron chi connectivity index (χ1n) is 5.26. The zero-order chi connectivity index (χ0) is 14.6. The van der Waals surface area contributed by atoms with E-state index in [9.17, 15) is 19.7 Å². The van der Waals surface area contributed by atoms with Crippen LogP contribution in [0.3, 0.4) is 0 Å². The summed E-state index contributed by atoms with van der Waals surface area (Å²) in [6.07, 6.45) is 0. The number of hydrogen-bond acceptors (Lipinski definition) is 5. The smallest absolute Gasteiger partial charge is 0.339 e. The molecule has 0 aromatic heterocycles. The number of rotatable bonds is 6. The van der Waals surface area contributed by atoms with Gasteiger partial charge < -0.3 is 15.6 Å². The highest BCUT2D eigenvalue weighted by Gasteiger charge is 2.18. The van der Waals surface area contributed by atoms with Crippen LogP contribution in [0, 0.1) is 16.0 Å². The number of ether oxygens (including phenoxy) is 1. The third-order valence-corrected chi connectivity index (χ3v) is 2.38.